The molecular weight excluding hydrogens is 1120 g/mol. The van der Waals surface area contributed by atoms with Crippen molar-refractivity contribution in [2.45, 2.75) is 207 Å². The van der Waals surface area contributed by atoms with Gasteiger partial charge in [0, 0.05) is 60.2 Å². The summed E-state index contributed by atoms with van der Waals surface area (Å²) in [6.07, 6.45) is 4.57. The largest absolute Gasteiger partial charge is 0.311 e. The quantitative estimate of drug-likeness (QED) is 0.154. The van der Waals surface area contributed by atoms with E-state index >= 15 is 0 Å². The van der Waals surface area contributed by atoms with Crippen molar-refractivity contribution in [2.75, 3.05) is 14.7 Å². The summed E-state index contributed by atoms with van der Waals surface area (Å²) in [6, 6.07) is 68.2. The lowest BCUT2D eigenvalue weighted by Gasteiger charge is -2.48. The van der Waals surface area contributed by atoms with Gasteiger partial charge in [-0.3, -0.25) is 0 Å². The Bertz CT molecular complexity index is 4500. The molecule has 1 aromatic heterocycles. The van der Waals surface area contributed by atoms with Crippen molar-refractivity contribution < 1.29 is 0 Å². The molecule has 0 bridgehead atoms. The standard InChI is InChI=1S/C86H96BN3S/c1-79(2,3)54-29-34-57(35-30-54)88(58-36-31-55(32-37-58)80(4,5)6)60-47-74-77-75(48-60)90(71-40-33-56(81(7,8)9)45-62(71)53-25-22-21-23-26-53)73-52-76-63(61-27-24-28-65(78(61)91-76)82(10,11)12)49-69(73)87(77)70-50-67-68(86(19,20)44-43-85(67,17)18)51-72(70)89(74)59-38-39-64-66(46-59)84(15,16)42-41-83(64,13)14/h21-40,45-52H,41-44H2,1-20H3. The molecule has 3 nitrogen and oxygen atoms in total. The van der Waals surface area contributed by atoms with Gasteiger partial charge in [0.1, 0.15) is 0 Å². The molecule has 0 N–H and O–H groups in total. The van der Waals surface area contributed by atoms with E-state index in [4.69, 9.17) is 0 Å². The molecule has 4 aliphatic rings. The molecule has 0 unspecified atom stereocenters. The van der Waals surface area contributed by atoms with Crippen molar-refractivity contribution in [2.24, 2.45) is 0 Å². The lowest BCUT2D eigenvalue weighted by molar-refractivity contribution is 0.332. The minimum absolute atomic E-state index is 0.00920. The van der Waals surface area contributed by atoms with Gasteiger partial charge in [0.05, 0.1) is 11.4 Å². The zero-order chi connectivity index (χ0) is 64.7. The highest BCUT2D eigenvalue weighted by Crippen LogP contribution is 2.56. The number of benzene rings is 9. The van der Waals surface area contributed by atoms with E-state index in [-0.39, 0.29) is 50.0 Å². The maximum absolute atomic E-state index is 2.76. The topological polar surface area (TPSA) is 9.72 Å². The van der Waals surface area contributed by atoms with E-state index in [1.54, 1.807) is 0 Å². The van der Waals surface area contributed by atoms with E-state index in [2.05, 4.69) is 323 Å². The van der Waals surface area contributed by atoms with Gasteiger partial charge in [-0.1, -0.05) is 236 Å². The minimum Gasteiger partial charge on any atom is -0.311 e. The van der Waals surface area contributed by atoms with Gasteiger partial charge in [-0.05, 0) is 214 Å². The van der Waals surface area contributed by atoms with Crippen LogP contribution in [0.4, 0.5) is 51.2 Å². The third kappa shape index (κ3) is 10.1. The monoisotopic (exact) mass is 1210 g/mol. The summed E-state index contributed by atoms with van der Waals surface area (Å²) in [4.78, 5) is 8.05. The van der Waals surface area contributed by atoms with Gasteiger partial charge >= 0.3 is 0 Å². The first-order chi connectivity index (χ1) is 42.6. The summed E-state index contributed by atoms with van der Waals surface area (Å²) in [5, 5.41) is 2.68. The van der Waals surface area contributed by atoms with Crippen LogP contribution < -0.4 is 31.1 Å². The summed E-state index contributed by atoms with van der Waals surface area (Å²) in [7, 11) is 0. The highest BCUT2D eigenvalue weighted by atomic mass is 32.1. The Labute approximate surface area is 550 Å². The molecule has 91 heavy (non-hydrogen) atoms. The highest BCUT2D eigenvalue weighted by Gasteiger charge is 2.48. The van der Waals surface area contributed by atoms with Crippen LogP contribution in [0.3, 0.4) is 0 Å². The zero-order valence-corrected chi connectivity index (χ0v) is 59.1. The second kappa shape index (κ2) is 20.6. The second-order valence-electron chi connectivity index (χ2n) is 34.4. The third-order valence-electron chi connectivity index (χ3n) is 22.0. The SMILES string of the molecule is CC(C)(C)c1ccc(N(c2ccc(C(C)(C)C)cc2)c2cc3c4c(c2)N(c2ccc(C(C)(C)C)cc2-c2ccccc2)c2cc5sc6c(C(C)(C)C)cccc6c5cc2B4c2cc4c(cc2N3c2ccc3c(c2)C(C)(C)CCC3(C)C)C(C)(C)CCC4(C)C)cc1. The van der Waals surface area contributed by atoms with Crippen molar-refractivity contribution in [3.05, 3.63) is 214 Å². The number of hydrogen-bond donors (Lipinski definition) is 0. The number of rotatable bonds is 6. The molecule has 0 saturated heterocycles. The molecule has 9 aromatic carbocycles. The second-order valence-corrected chi connectivity index (χ2v) is 35.5. The summed E-state index contributed by atoms with van der Waals surface area (Å²) in [5.74, 6) is 0. The molecule has 0 radical (unpaired) electrons. The van der Waals surface area contributed by atoms with Crippen molar-refractivity contribution >= 4 is 106 Å². The normalized spacial score (nSPS) is 17.1. The molecule has 2 aliphatic carbocycles. The molecule has 3 heterocycles. The molecule has 0 spiro atoms. The molecule has 464 valence electrons. The Morgan fingerprint density at radius 1 is 0.385 bits per heavy atom. The molecule has 10 aromatic rings. The van der Waals surface area contributed by atoms with Crippen LogP contribution in [0.2, 0.25) is 0 Å². The molecule has 0 atom stereocenters. The van der Waals surface area contributed by atoms with Crippen LogP contribution in [0, 0.1) is 0 Å². The van der Waals surface area contributed by atoms with E-state index < -0.39 is 0 Å². The van der Waals surface area contributed by atoms with Crippen LogP contribution in [-0.2, 0) is 43.3 Å². The Balaban J connectivity index is 1.18. The van der Waals surface area contributed by atoms with Gasteiger partial charge in [-0.15, -0.1) is 11.3 Å². The zero-order valence-electron chi connectivity index (χ0n) is 58.3. The van der Waals surface area contributed by atoms with Crippen molar-refractivity contribution in [1.29, 1.82) is 0 Å². The fraction of sp³-hybridized carbons (Fsp3) is 0.372. The Kier molecular flexibility index (Phi) is 13.8. The fourth-order valence-electron chi connectivity index (χ4n) is 16.0. The number of thiophene rings is 1. The molecule has 14 rings (SSSR count). The number of anilines is 9. The molecule has 0 fully saturated rings. The van der Waals surface area contributed by atoms with E-state index in [0.29, 0.717) is 0 Å². The number of hydrogen-bond acceptors (Lipinski definition) is 4. The molecule has 5 heteroatoms. The lowest BCUT2D eigenvalue weighted by Crippen LogP contribution is -2.62. The maximum atomic E-state index is 2.76. The Hall–Kier alpha value is -7.34. The lowest BCUT2D eigenvalue weighted by atomic mass is 9.33. The molecule has 2 aliphatic heterocycles. The van der Waals surface area contributed by atoms with Gasteiger partial charge in [0.2, 0.25) is 0 Å². The first kappa shape index (κ1) is 61.2. The van der Waals surface area contributed by atoms with Crippen LogP contribution in [0.1, 0.15) is 209 Å². The van der Waals surface area contributed by atoms with E-state index in [0.717, 1.165) is 42.7 Å². The summed E-state index contributed by atoms with van der Waals surface area (Å²) in [6.45, 7) is 48.0. The highest BCUT2D eigenvalue weighted by molar-refractivity contribution is 7.26. The van der Waals surface area contributed by atoms with Crippen LogP contribution in [0.15, 0.2) is 170 Å². The number of fused-ring (bicyclic) bond motifs is 9. The predicted molar refractivity (Wildman–Crippen MR) is 399 cm³/mol. The minimum atomic E-state index is -0.111. The predicted octanol–water partition coefficient (Wildman–Crippen LogP) is 23.2. The summed E-state index contributed by atoms with van der Waals surface area (Å²) in [5.41, 5.74) is 28.3. The van der Waals surface area contributed by atoms with Gasteiger partial charge < -0.3 is 14.7 Å². The smallest absolute Gasteiger partial charge is 0.252 e. The van der Waals surface area contributed by atoms with Crippen molar-refractivity contribution in [3.8, 4) is 11.1 Å². The van der Waals surface area contributed by atoms with Crippen LogP contribution in [-0.4, -0.2) is 6.71 Å². The van der Waals surface area contributed by atoms with E-state index in [1.165, 1.54) is 126 Å². The van der Waals surface area contributed by atoms with Gasteiger partial charge in [-0.2, -0.15) is 0 Å². The van der Waals surface area contributed by atoms with Crippen LogP contribution in [0.5, 0.6) is 0 Å². The van der Waals surface area contributed by atoms with Crippen LogP contribution >= 0.6 is 11.3 Å². The summed E-state index contributed by atoms with van der Waals surface area (Å²) < 4.78 is 2.70. The average Bonchev–Trinajstić information content (AvgIpc) is 1.31. The molecular formula is C86H96BN3S. The Morgan fingerprint density at radius 3 is 1.45 bits per heavy atom. The first-order valence-electron chi connectivity index (χ1n) is 33.9. The molecule has 0 amide bonds. The Morgan fingerprint density at radius 2 is 0.890 bits per heavy atom. The van der Waals surface area contributed by atoms with Gasteiger partial charge in [-0.25, -0.2) is 0 Å². The maximum Gasteiger partial charge on any atom is 0.252 e. The summed E-state index contributed by atoms with van der Waals surface area (Å²) >= 11 is 1.98. The van der Waals surface area contributed by atoms with Gasteiger partial charge in [0.15, 0.2) is 0 Å². The fourth-order valence-corrected chi connectivity index (χ4v) is 17.5. The average molecular weight is 1210 g/mol. The number of nitrogens with zero attached hydrogens (tertiary/aromatic N) is 3. The van der Waals surface area contributed by atoms with Gasteiger partial charge in [0.25, 0.3) is 6.71 Å². The van der Waals surface area contributed by atoms with Crippen molar-refractivity contribution in [3.63, 3.8) is 0 Å². The first-order valence-corrected chi connectivity index (χ1v) is 34.8. The third-order valence-corrected chi connectivity index (χ3v) is 23.2. The van der Waals surface area contributed by atoms with Crippen LogP contribution in [0.25, 0.3) is 31.3 Å². The van der Waals surface area contributed by atoms with Crippen molar-refractivity contribution in [1.82, 2.24) is 0 Å². The van der Waals surface area contributed by atoms with E-state index in [9.17, 15) is 0 Å². The van der Waals surface area contributed by atoms with E-state index in [1.807, 2.05) is 11.3 Å². The molecule has 0 saturated carbocycles.